The first-order valence-corrected chi connectivity index (χ1v) is 10.3. The van der Waals surface area contributed by atoms with Crippen LogP contribution in [-0.4, -0.2) is 25.6 Å². The molecule has 7 nitrogen and oxygen atoms in total. The van der Waals surface area contributed by atoms with Crippen molar-refractivity contribution in [2.24, 2.45) is 13.0 Å². The number of carbonyl (C=O) groups is 1. The number of anilines is 1. The number of rotatable bonds is 5. The number of aromatic nitrogens is 3. The summed E-state index contributed by atoms with van der Waals surface area (Å²) in [6, 6.07) is 6.71. The van der Waals surface area contributed by atoms with Gasteiger partial charge in [-0.05, 0) is 56.4 Å². The maximum atomic E-state index is 13.1. The van der Waals surface area contributed by atoms with Crippen molar-refractivity contribution in [3.05, 3.63) is 62.4 Å². The van der Waals surface area contributed by atoms with Gasteiger partial charge < -0.3 is 10.4 Å². The predicted molar refractivity (Wildman–Crippen MR) is 114 cm³/mol. The zero-order valence-electron chi connectivity index (χ0n) is 16.9. The highest BCUT2D eigenvalue weighted by Gasteiger charge is 2.72. The van der Waals surface area contributed by atoms with Crippen LogP contribution in [0, 0.1) is 12.8 Å². The van der Waals surface area contributed by atoms with Gasteiger partial charge in [0.25, 0.3) is 5.56 Å². The Morgan fingerprint density at radius 2 is 2.03 bits per heavy atom. The molecule has 0 bridgehead atoms. The van der Waals surface area contributed by atoms with Crippen LogP contribution in [0.15, 0.2) is 29.1 Å². The summed E-state index contributed by atoms with van der Waals surface area (Å²) in [5.41, 5.74) is 2.73. The molecule has 2 aliphatic carbocycles. The van der Waals surface area contributed by atoms with E-state index in [0.29, 0.717) is 22.5 Å². The summed E-state index contributed by atoms with van der Waals surface area (Å²) in [5.74, 6) is 0.362. The second kappa shape index (κ2) is 6.28. The van der Waals surface area contributed by atoms with Gasteiger partial charge in [0.05, 0.1) is 22.6 Å². The number of carboxylic acids is 1. The van der Waals surface area contributed by atoms with Crippen LogP contribution < -0.4 is 10.9 Å². The SMILES string of the molecule is Cc1cc([C@@H](C)Nc2ccc(Cl)nc2C(=O)O)c2nc(C34CC3C4)n(C)c(=O)c2c1. The Morgan fingerprint density at radius 3 is 2.67 bits per heavy atom. The number of benzene rings is 1. The van der Waals surface area contributed by atoms with Crippen LogP contribution in [0.5, 0.6) is 0 Å². The van der Waals surface area contributed by atoms with Crippen LogP contribution in [0.2, 0.25) is 5.15 Å². The largest absolute Gasteiger partial charge is 0.476 e. The molecule has 0 saturated heterocycles. The first-order chi connectivity index (χ1) is 14.2. The van der Waals surface area contributed by atoms with Crippen molar-refractivity contribution >= 4 is 34.2 Å². The molecule has 3 aromatic rings. The van der Waals surface area contributed by atoms with E-state index in [0.717, 1.165) is 29.8 Å². The Balaban J connectivity index is 1.63. The summed E-state index contributed by atoms with van der Waals surface area (Å²) in [6.07, 6.45) is 2.21. The third kappa shape index (κ3) is 2.80. The van der Waals surface area contributed by atoms with Gasteiger partial charge in [-0.15, -0.1) is 0 Å². The minimum absolute atomic E-state index is 0.0431. The third-order valence-electron chi connectivity index (χ3n) is 6.38. The monoisotopic (exact) mass is 424 g/mol. The average molecular weight is 425 g/mol. The molecular formula is C22H21ClN4O3. The fraction of sp³-hybridized carbons (Fsp3) is 0.364. The lowest BCUT2D eigenvalue weighted by Gasteiger charge is -2.20. The molecule has 154 valence electrons. The molecule has 2 fully saturated rings. The topological polar surface area (TPSA) is 97.1 Å². The number of carboxylic acid groups (broad SMARTS) is 1. The van der Waals surface area contributed by atoms with Crippen LogP contribution in [0.1, 0.15) is 53.2 Å². The number of aryl methyl sites for hydroxylation is 1. The first kappa shape index (κ1) is 19.1. The lowest BCUT2D eigenvalue weighted by Crippen LogP contribution is -2.25. The van der Waals surface area contributed by atoms with Crippen molar-refractivity contribution < 1.29 is 9.90 Å². The van der Waals surface area contributed by atoms with Gasteiger partial charge in [-0.2, -0.15) is 0 Å². The van der Waals surface area contributed by atoms with Crippen molar-refractivity contribution in [3.63, 3.8) is 0 Å². The molecule has 2 saturated carbocycles. The Kier molecular flexibility index (Phi) is 3.99. The molecule has 1 aromatic carbocycles. The van der Waals surface area contributed by atoms with Gasteiger partial charge in [0.1, 0.15) is 11.0 Å². The van der Waals surface area contributed by atoms with E-state index in [4.69, 9.17) is 16.6 Å². The van der Waals surface area contributed by atoms with Gasteiger partial charge in [-0.1, -0.05) is 17.7 Å². The van der Waals surface area contributed by atoms with Crippen LogP contribution >= 0.6 is 11.6 Å². The lowest BCUT2D eigenvalue weighted by atomic mass is 10.0. The summed E-state index contributed by atoms with van der Waals surface area (Å²) in [6.45, 7) is 3.86. The molecule has 1 atom stereocenters. The van der Waals surface area contributed by atoms with Gasteiger partial charge in [-0.3, -0.25) is 9.36 Å². The maximum absolute atomic E-state index is 13.1. The molecule has 5 rings (SSSR count). The minimum Gasteiger partial charge on any atom is -0.476 e. The van der Waals surface area contributed by atoms with Crippen molar-refractivity contribution in [2.75, 3.05) is 5.32 Å². The third-order valence-corrected chi connectivity index (χ3v) is 6.59. The predicted octanol–water partition coefficient (Wildman–Crippen LogP) is 3.82. The van der Waals surface area contributed by atoms with Gasteiger partial charge in [-0.25, -0.2) is 14.8 Å². The van der Waals surface area contributed by atoms with Crippen molar-refractivity contribution in [2.45, 2.75) is 38.1 Å². The first-order valence-electron chi connectivity index (χ1n) is 9.89. The number of hydrogen-bond donors (Lipinski definition) is 2. The number of halogens is 1. The molecule has 0 spiro atoms. The summed E-state index contributed by atoms with van der Waals surface area (Å²) in [4.78, 5) is 33.6. The second-order valence-corrected chi connectivity index (χ2v) is 8.90. The van der Waals surface area contributed by atoms with E-state index in [1.807, 2.05) is 26.0 Å². The summed E-state index contributed by atoms with van der Waals surface area (Å²) in [5, 5.41) is 13.4. The van der Waals surface area contributed by atoms with Crippen LogP contribution in [0.25, 0.3) is 10.9 Å². The summed E-state index contributed by atoms with van der Waals surface area (Å²) < 4.78 is 1.70. The number of pyridine rings is 1. The van der Waals surface area contributed by atoms with E-state index in [-0.39, 0.29) is 27.9 Å². The fourth-order valence-electron chi connectivity index (χ4n) is 4.42. The van der Waals surface area contributed by atoms with E-state index in [2.05, 4.69) is 10.3 Å². The van der Waals surface area contributed by atoms with E-state index in [1.54, 1.807) is 23.7 Å². The van der Waals surface area contributed by atoms with Gasteiger partial charge >= 0.3 is 5.97 Å². The summed E-state index contributed by atoms with van der Waals surface area (Å²) in [7, 11) is 1.80. The molecule has 8 heteroatoms. The molecule has 0 aliphatic heterocycles. The summed E-state index contributed by atoms with van der Waals surface area (Å²) >= 11 is 5.87. The molecule has 0 unspecified atom stereocenters. The zero-order valence-corrected chi connectivity index (χ0v) is 17.6. The Bertz CT molecular complexity index is 1290. The molecule has 2 aliphatic rings. The Hall–Kier alpha value is -2.93. The Labute approximate surface area is 177 Å². The van der Waals surface area contributed by atoms with Crippen LogP contribution in [-0.2, 0) is 12.5 Å². The zero-order chi connectivity index (χ0) is 21.4. The lowest BCUT2D eigenvalue weighted by molar-refractivity contribution is 0.0691. The van der Waals surface area contributed by atoms with Crippen LogP contribution in [0.3, 0.4) is 0 Å². The van der Waals surface area contributed by atoms with Gasteiger partial charge in [0, 0.05) is 18.0 Å². The van der Waals surface area contributed by atoms with Crippen molar-refractivity contribution in [1.82, 2.24) is 14.5 Å². The number of hydrogen-bond acceptors (Lipinski definition) is 5. The highest BCUT2D eigenvalue weighted by Crippen LogP contribution is 2.74. The van der Waals surface area contributed by atoms with Crippen molar-refractivity contribution in [3.8, 4) is 0 Å². The molecule has 2 heterocycles. The smallest absolute Gasteiger partial charge is 0.356 e. The second-order valence-electron chi connectivity index (χ2n) is 8.51. The number of nitrogens with one attached hydrogen (secondary N) is 1. The maximum Gasteiger partial charge on any atom is 0.356 e. The Morgan fingerprint density at radius 1 is 1.33 bits per heavy atom. The fourth-order valence-corrected chi connectivity index (χ4v) is 4.57. The molecule has 30 heavy (non-hydrogen) atoms. The standard InChI is InChI=1S/C22H21ClN4O3/c1-10-6-13(11(2)24-15-4-5-16(23)25-18(15)20(29)30)17-14(7-10)19(28)27(3)21(26-17)22-8-12(22)9-22/h4-7,11-12,24H,8-9H2,1-3H3,(H,29,30)/t11-,12?,22?/m1/s1. The molecule has 2 aromatic heterocycles. The van der Waals surface area contributed by atoms with E-state index < -0.39 is 5.97 Å². The minimum atomic E-state index is -1.16. The number of fused-ring (bicyclic) bond motifs is 2. The number of aromatic carboxylic acids is 1. The van der Waals surface area contributed by atoms with Crippen molar-refractivity contribution in [1.29, 1.82) is 0 Å². The highest BCUT2D eigenvalue weighted by molar-refractivity contribution is 6.29. The molecular weight excluding hydrogens is 404 g/mol. The molecule has 0 radical (unpaired) electrons. The highest BCUT2D eigenvalue weighted by atomic mass is 35.5. The van der Waals surface area contributed by atoms with Crippen LogP contribution in [0.4, 0.5) is 5.69 Å². The van der Waals surface area contributed by atoms with Gasteiger partial charge in [0.15, 0.2) is 5.69 Å². The quantitative estimate of drug-likeness (QED) is 0.604. The molecule has 0 amide bonds. The van der Waals surface area contributed by atoms with E-state index in [1.165, 1.54) is 0 Å². The number of nitrogens with zero attached hydrogens (tertiary/aromatic N) is 3. The molecule has 2 N–H and O–H groups in total. The normalized spacial score (nSPS) is 22.5. The average Bonchev–Trinajstić information content (AvgIpc) is 3.56. The van der Waals surface area contributed by atoms with E-state index in [9.17, 15) is 14.7 Å². The van der Waals surface area contributed by atoms with Gasteiger partial charge in [0.2, 0.25) is 0 Å². The van der Waals surface area contributed by atoms with E-state index >= 15 is 0 Å².